The van der Waals surface area contributed by atoms with Crippen LogP contribution < -0.4 is 11.2 Å². The van der Waals surface area contributed by atoms with E-state index in [4.69, 9.17) is 4.74 Å². The molecule has 2 aromatic heterocycles. The molecule has 0 spiro atoms. The number of pyridine rings is 1. The van der Waals surface area contributed by atoms with Crippen LogP contribution in [0.2, 0.25) is 0 Å². The number of hydrogen-bond acceptors (Lipinski definition) is 7. The lowest BCUT2D eigenvalue weighted by molar-refractivity contribution is -0.384. The van der Waals surface area contributed by atoms with E-state index in [0.717, 1.165) is 4.57 Å². The molecule has 144 valence electrons. The van der Waals surface area contributed by atoms with E-state index in [1.807, 2.05) is 0 Å². The molecule has 0 aliphatic heterocycles. The Balaban J connectivity index is 2.57. The first-order valence-corrected chi connectivity index (χ1v) is 8.12. The van der Waals surface area contributed by atoms with Crippen LogP contribution in [0.1, 0.15) is 16.1 Å². The van der Waals surface area contributed by atoms with Gasteiger partial charge in [-0.05, 0) is 24.6 Å². The Morgan fingerprint density at radius 3 is 2.29 bits per heavy atom. The first-order chi connectivity index (χ1) is 13.2. The molecule has 0 amide bonds. The van der Waals surface area contributed by atoms with Gasteiger partial charge in [-0.3, -0.25) is 24.0 Å². The molecule has 2 heterocycles. The van der Waals surface area contributed by atoms with Gasteiger partial charge in [-0.15, -0.1) is 0 Å². The highest BCUT2D eigenvalue weighted by Crippen LogP contribution is 2.32. The predicted molar refractivity (Wildman–Crippen MR) is 100 cm³/mol. The Hall–Kier alpha value is -3.82. The number of rotatable bonds is 3. The number of aromatic nitrogens is 3. The first kappa shape index (κ1) is 19.0. The van der Waals surface area contributed by atoms with Gasteiger partial charge >= 0.3 is 11.7 Å². The average molecular weight is 384 g/mol. The van der Waals surface area contributed by atoms with Crippen molar-refractivity contribution in [3.8, 4) is 11.1 Å². The number of nitrogens with zero attached hydrogens (tertiary/aromatic N) is 4. The standard InChI is InChI=1S/C18H16N4O6/c1-9-12(17(24)28-4)13(10-5-7-11(8-6-10)22(26)27)14-15(19-9)20(2)18(25)21(3)16(14)23/h5-8H,1-4H3. The number of benzene rings is 1. The quantitative estimate of drug-likeness (QED) is 0.378. The second-order valence-corrected chi connectivity index (χ2v) is 6.15. The highest BCUT2D eigenvalue weighted by Gasteiger charge is 2.25. The molecule has 0 saturated carbocycles. The lowest BCUT2D eigenvalue weighted by Crippen LogP contribution is -2.38. The average Bonchev–Trinajstić information content (AvgIpc) is 2.69. The molecule has 0 N–H and O–H groups in total. The summed E-state index contributed by atoms with van der Waals surface area (Å²) >= 11 is 0. The molecule has 0 aliphatic rings. The number of nitro benzene ring substituents is 1. The SMILES string of the molecule is COC(=O)c1c(C)nc2c(c1-c1ccc([N+](=O)[O-])cc1)c(=O)n(C)c(=O)n2C. The van der Waals surface area contributed by atoms with E-state index in [1.54, 1.807) is 6.92 Å². The van der Waals surface area contributed by atoms with Gasteiger partial charge in [0.25, 0.3) is 11.2 Å². The number of carbonyl (C=O) groups is 1. The highest BCUT2D eigenvalue weighted by atomic mass is 16.6. The minimum atomic E-state index is -0.712. The van der Waals surface area contributed by atoms with E-state index in [2.05, 4.69) is 4.98 Å². The maximum atomic E-state index is 12.9. The van der Waals surface area contributed by atoms with Crippen LogP contribution in [-0.2, 0) is 18.8 Å². The van der Waals surface area contributed by atoms with Crippen molar-refractivity contribution in [3.05, 3.63) is 66.5 Å². The molecular formula is C18H16N4O6. The van der Waals surface area contributed by atoms with Crippen LogP contribution >= 0.6 is 0 Å². The lowest BCUT2D eigenvalue weighted by atomic mass is 9.95. The summed E-state index contributed by atoms with van der Waals surface area (Å²) in [4.78, 5) is 52.3. The van der Waals surface area contributed by atoms with E-state index in [0.29, 0.717) is 5.56 Å². The first-order valence-electron chi connectivity index (χ1n) is 8.12. The topological polar surface area (TPSA) is 126 Å². The van der Waals surface area contributed by atoms with Gasteiger partial charge < -0.3 is 4.74 Å². The second-order valence-electron chi connectivity index (χ2n) is 6.15. The summed E-state index contributed by atoms with van der Waals surface area (Å²) in [6.07, 6.45) is 0. The molecular weight excluding hydrogens is 368 g/mol. The van der Waals surface area contributed by atoms with Gasteiger partial charge in [0.15, 0.2) is 0 Å². The zero-order valence-corrected chi connectivity index (χ0v) is 15.5. The van der Waals surface area contributed by atoms with Crippen molar-refractivity contribution in [3.63, 3.8) is 0 Å². The monoisotopic (exact) mass is 384 g/mol. The van der Waals surface area contributed by atoms with Gasteiger partial charge in [-0.1, -0.05) is 0 Å². The maximum absolute atomic E-state index is 12.9. The third-order valence-electron chi connectivity index (χ3n) is 4.53. The van der Waals surface area contributed by atoms with Crippen molar-refractivity contribution in [1.29, 1.82) is 0 Å². The molecule has 10 nitrogen and oxygen atoms in total. The molecule has 0 saturated heterocycles. The van der Waals surface area contributed by atoms with Crippen LogP contribution in [0.25, 0.3) is 22.2 Å². The third-order valence-corrected chi connectivity index (χ3v) is 4.53. The van der Waals surface area contributed by atoms with Crippen LogP contribution in [0.3, 0.4) is 0 Å². The number of aryl methyl sites for hydroxylation is 2. The summed E-state index contributed by atoms with van der Waals surface area (Å²) in [5.41, 5.74) is -0.326. The predicted octanol–water partition coefficient (Wildman–Crippen LogP) is 1.30. The van der Waals surface area contributed by atoms with E-state index >= 15 is 0 Å². The minimum absolute atomic E-state index is 0.0458. The molecule has 3 aromatic rings. The molecule has 0 atom stereocenters. The summed E-state index contributed by atoms with van der Waals surface area (Å²) in [7, 11) is 3.99. The highest BCUT2D eigenvalue weighted by molar-refractivity contribution is 6.07. The van der Waals surface area contributed by atoms with Crippen molar-refractivity contribution in [1.82, 2.24) is 14.1 Å². The fourth-order valence-corrected chi connectivity index (χ4v) is 3.09. The fraction of sp³-hybridized carbons (Fsp3) is 0.222. The fourth-order valence-electron chi connectivity index (χ4n) is 3.09. The van der Waals surface area contributed by atoms with Gasteiger partial charge in [-0.25, -0.2) is 14.6 Å². The Kier molecular flexibility index (Phi) is 4.55. The Bertz CT molecular complexity index is 1250. The van der Waals surface area contributed by atoms with Crippen molar-refractivity contribution >= 4 is 22.7 Å². The van der Waals surface area contributed by atoms with E-state index < -0.39 is 22.1 Å². The molecule has 3 rings (SSSR count). The molecule has 0 bridgehead atoms. The van der Waals surface area contributed by atoms with Gasteiger partial charge in [0.05, 0.1) is 28.7 Å². The Morgan fingerprint density at radius 1 is 1.14 bits per heavy atom. The summed E-state index contributed by atoms with van der Waals surface area (Å²) in [5, 5.41) is 11.0. The number of carbonyl (C=O) groups excluding carboxylic acids is 1. The van der Waals surface area contributed by atoms with Crippen LogP contribution in [0.5, 0.6) is 0 Å². The molecule has 0 aliphatic carbocycles. The largest absolute Gasteiger partial charge is 0.465 e. The smallest absolute Gasteiger partial charge is 0.340 e. The molecule has 10 heteroatoms. The van der Waals surface area contributed by atoms with Crippen LogP contribution in [-0.4, -0.2) is 32.1 Å². The third kappa shape index (κ3) is 2.75. The summed E-state index contributed by atoms with van der Waals surface area (Å²) in [5.74, 6) is -0.712. The maximum Gasteiger partial charge on any atom is 0.340 e. The summed E-state index contributed by atoms with van der Waals surface area (Å²) in [6, 6.07) is 5.40. The number of non-ortho nitro benzene ring substituents is 1. The van der Waals surface area contributed by atoms with Crippen molar-refractivity contribution in [2.45, 2.75) is 6.92 Å². The second kappa shape index (κ2) is 6.72. The van der Waals surface area contributed by atoms with Crippen LogP contribution in [0.4, 0.5) is 5.69 Å². The summed E-state index contributed by atoms with van der Waals surface area (Å²) in [6.45, 7) is 1.56. The van der Waals surface area contributed by atoms with Gasteiger partial charge in [0.1, 0.15) is 5.65 Å². The lowest BCUT2D eigenvalue weighted by Gasteiger charge is -2.16. The minimum Gasteiger partial charge on any atom is -0.465 e. The zero-order valence-electron chi connectivity index (χ0n) is 15.5. The van der Waals surface area contributed by atoms with E-state index in [9.17, 15) is 24.5 Å². The van der Waals surface area contributed by atoms with Crippen molar-refractivity contribution < 1.29 is 14.5 Å². The number of ether oxygens (including phenoxy) is 1. The summed E-state index contributed by atoms with van der Waals surface area (Å²) < 4.78 is 6.97. The normalized spacial score (nSPS) is 10.9. The van der Waals surface area contributed by atoms with Gasteiger partial charge in [0, 0.05) is 31.8 Å². The molecule has 1 aromatic carbocycles. The Morgan fingerprint density at radius 2 is 1.75 bits per heavy atom. The molecule has 28 heavy (non-hydrogen) atoms. The number of methoxy groups -OCH3 is 1. The van der Waals surface area contributed by atoms with Crippen molar-refractivity contribution in [2.24, 2.45) is 14.1 Å². The number of esters is 1. The van der Waals surface area contributed by atoms with E-state index in [1.165, 1.54) is 50.0 Å². The number of nitro groups is 1. The molecule has 0 radical (unpaired) electrons. The number of fused-ring (bicyclic) bond motifs is 1. The molecule has 0 fully saturated rings. The zero-order chi connectivity index (χ0) is 20.7. The van der Waals surface area contributed by atoms with Crippen molar-refractivity contribution in [2.75, 3.05) is 7.11 Å². The Labute approximate surface area is 157 Å². The van der Waals surface area contributed by atoms with Crippen LogP contribution in [0, 0.1) is 17.0 Å². The van der Waals surface area contributed by atoms with Gasteiger partial charge in [-0.2, -0.15) is 0 Å². The van der Waals surface area contributed by atoms with Gasteiger partial charge in [0.2, 0.25) is 0 Å². The number of hydrogen-bond donors (Lipinski definition) is 0. The molecule has 0 unspecified atom stereocenters. The van der Waals surface area contributed by atoms with Crippen LogP contribution in [0.15, 0.2) is 33.9 Å². The van der Waals surface area contributed by atoms with E-state index in [-0.39, 0.29) is 33.5 Å².